The molecule has 2 aliphatic carbocycles. The van der Waals surface area contributed by atoms with Crippen molar-refractivity contribution in [2.75, 3.05) is 0 Å². The molecule has 4 atom stereocenters. The average Bonchev–Trinajstić information content (AvgIpc) is 2.93. The van der Waals surface area contributed by atoms with Crippen LogP contribution in [0.2, 0.25) is 0 Å². The molecule has 102 valence electrons. The van der Waals surface area contributed by atoms with E-state index in [1.165, 1.54) is 6.07 Å². The Morgan fingerprint density at radius 2 is 2.11 bits per heavy atom. The van der Waals surface area contributed by atoms with Gasteiger partial charge in [0, 0.05) is 22.9 Å². The van der Waals surface area contributed by atoms with Crippen molar-refractivity contribution in [3.8, 4) is 0 Å². The van der Waals surface area contributed by atoms with Crippen LogP contribution < -0.4 is 5.73 Å². The van der Waals surface area contributed by atoms with E-state index in [2.05, 4.69) is 15.9 Å². The van der Waals surface area contributed by atoms with Gasteiger partial charge >= 0.3 is 0 Å². The minimum absolute atomic E-state index is 0.00948. The van der Waals surface area contributed by atoms with Crippen molar-refractivity contribution >= 4 is 21.7 Å². The van der Waals surface area contributed by atoms with Crippen LogP contribution in [0.1, 0.15) is 24.8 Å². The molecule has 0 heterocycles. The van der Waals surface area contributed by atoms with Gasteiger partial charge in [0.25, 0.3) is 0 Å². The molecule has 0 radical (unpaired) electrons. The summed E-state index contributed by atoms with van der Waals surface area (Å²) in [5.74, 6) is 0.682. The van der Waals surface area contributed by atoms with Crippen LogP contribution in [0.4, 0.5) is 4.39 Å². The van der Waals surface area contributed by atoms with Crippen molar-refractivity contribution in [3.05, 3.63) is 34.1 Å². The lowest BCUT2D eigenvalue weighted by Crippen LogP contribution is -2.40. The standard InChI is InChI=1S/C15H17BrFNO/c16-11-4-3-8(12(17)7-11)6-13(19)14-9-1-2-10(5-9)15(14)18/h3-4,7,9-10,14-15H,1-2,5-6,18H2. The van der Waals surface area contributed by atoms with Gasteiger partial charge in [-0.3, -0.25) is 4.79 Å². The lowest BCUT2D eigenvalue weighted by molar-refractivity contribution is -0.124. The minimum Gasteiger partial charge on any atom is -0.327 e. The second kappa shape index (κ2) is 4.98. The molecule has 3 rings (SSSR count). The van der Waals surface area contributed by atoms with Gasteiger partial charge in [-0.2, -0.15) is 0 Å². The lowest BCUT2D eigenvalue weighted by Gasteiger charge is -2.26. The normalized spacial score (nSPS) is 32.8. The highest BCUT2D eigenvalue weighted by molar-refractivity contribution is 9.10. The van der Waals surface area contributed by atoms with Gasteiger partial charge in [-0.15, -0.1) is 0 Å². The Kier molecular flexibility index (Phi) is 3.48. The zero-order valence-electron chi connectivity index (χ0n) is 10.6. The van der Waals surface area contributed by atoms with Crippen LogP contribution in [0.15, 0.2) is 22.7 Å². The smallest absolute Gasteiger partial charge is 0.142 e. The average molecular weight is 326 g/mol. The second-order valence-electron chi connectivity index (χ2n) is 5.82. The van der Waals surface area contributed by atoms with E-state index >= 15 is 0 Å². The van der Waals surface area contributed by atoms with Gasteiger partial charge in [-0.25, -0.2) is 4.39 Å². The third-order valence-electron chi connectivity index (χ3n) is 4.73. The van der Waals surface area contributed by atoms with E-state index in [1.807, 2.05) is 0 Å². The van der Waals surface area contributed by atoms with E-state index in [0.29, 0.717) is 21.9 Å². The molecule has 0 aliphatic heterocycles. The topological polar surface area (TPSA) is 43.1 Å². The third kappa shape index (κ3) is 2.36. The van der Waals surface area contributed by atoms with Gasteiger partial charge in [0.2, 0.25) is 0 Å². The molecule has 0 aromatic heterocycles. The molecule has 1 aromatic rings. The SMILES string of the molecule is NC1C2CCC(C2)C1C(=O)Cc1ccc(Br)cc1F. The van der Waals surface area contributed by atoms with Crippen molar-refractivity contribution < 1.29 is 9.18 Å². The summed E-state index contributed by atoms with van der Waals surface area (Å²) >= 11 is 3.22. The van der Waals surface area contributed by atoms with E-state index in [4.69, 9.17) is 5.73 Å². The molecule has 0 saturated heterocycles. The number of ketones is 1. The molecule has 2 aliphatic rings. The number of rotatable bonds is 3. The number of nitrogens with two attached hydrogens (primary N) is 1. The quantitative estimate of drug-likeness (QED) is 0.928. The van der Waals surface area contributed by atoms with Crippen LogP contribution in [0.25, 0.3) is 0 Å². The first-order valence-electron chi connectivity index (χ1n) is 6.78. The number of benzene rings is 1. The highest BCUT2D eigenvalue weighted by atomic mass is 79.9. The molecule has 2 fully saturated rings. The van der Waals surface area contributed by atoms with Gasteiger partial charge in [-0.1, -0.05) is 22.0 Å². The number of halogens is 2. The van der Waals surface area contributed by atoms with Gasteiger partial charge in [0.1, 0.15) is 11.6 Å². The summed E-state index contributed by atoms with van der Waals surface area (Å²) in [5.41, 5.74) is 6.63. The first kappa shape index (κ1) is 13.3. The Labute approximate surface area is 120 Å². The Bertz CT molecular complexity index is 517. The molecule has 0 spiro atoms. The van der Waals surface area contributed by atoms with Crippen molar-refractivity contribution in [1.29, 1.82) is 0 Å². The van der Waals surface area contributed by atoms with E-state index in [1.54, 1.807) is 12.1 Å². The Morgan fingerprint density at radius 3 is 2.74 bits per heavy atom. The summed E-state index contributed by atoms with van der Waals surface area (Å²) in [5, 5.41) is 0. The molecular formula is C15H17BrFNO. The van der Waals surface area contributed by atoms with Crippen molar-refractivity contribution in [2.45, 2.75) is 31.7 Å². The summed E-state index contributed by atoms with van der Waals surface area (Å²) in [6.45, 7) is 0. The lowest BCUT2D eigenvalue weighted by atomic mass is 9.80. The molecule has 2 saturated carbocycles. The van der Waals surface area contributed by atoms with E-state index in [-0.39, 0.29) is 30.0 Å². The van der Waals surface area contributed by atoms with Crippen molar-refractivity contribution in [3.63, 3.8) is 0 Å². The molecular weight excluding hydrogens is 309 g/mol. The first-order valence-corrected chi connectivity index (χ1v) is 7.58. The molecule has 1 aromatic carbocycles. The minimum atomic E-state index is -0.320. The summed E-state index contributed by atoms with van der Waals surface area (Å²) in [6.07, 6.45) is 3.51. The van der Waals surface area contributed by atoms with Gasteiger partial charge in [0.15, 0.2) is 0 Å². The largest absolute Gasteiger partial charge is 0.327 e. The maximum Gasteiger partial charge on any atom is 0.142 e. The molecule has 2 bridgehead atoms. The highest BCUT2D eigenvalue weighted by Crippen LogP contribution is 2.48. The first-order chi connectivity index (χ1) is 9.06. The maximum atomic E-state index is 13.8. The fourth-order valence-electron chi connectivity index (χ4n) is 3.78. The number of fused-ring (bicyclic) bond motifs is 2. The molecule has 2 nitrogen and oxygen atoms in total. The number of carbonyl (C=O) groups is 1. The number of hydrogen-bond donors (Lipinski definition) is 1. The molecule has 0 amide bonds. The Balaban J connectivity index is 1.75. The van der Waals surface area contributed by atoms with E-state index in [9.17, 15) is 9.18 Å². The van der Waals surface area contributed by atoms with Crippen LogP contribution in [0, 0.1) is 23.6 Å². The Hall–Kier alpha value is -0.740. The van der Waals surface area contributed by atoms with Gasteiger partial charge in [0.05, 0.1) is 0 Å². The van der Waals surface area contributed by atoms with Crippen molar-refractivity contribution in [2.24, 2.45) is 23.5 Å². The molecule has 2 N–H and O–H groups in total. The highest BCUT2D eigenvalue weighted by Gasteiger charge is 2.48. The summed E-state index contributed by atoms with van der Waals surface area (Å²) in [6, 6.07) is 4.84. The zero-order chi connectivity index (χ0) is 13.6. The van der Waals surface area contributed by atoms with Crippen LogP contribution in [0.3, 0.4) is 0 Å². The van der Waals surface area contributed by atoms with Gasteiger partial charge in [-0.05, 0) is 48.8 Å². The number of Topliss-reactive ketones (excluding diaryl/α,β-unsaturated/α-hetero) is 1. The van der Waals surface area contributed by atoms with Crippen LogP contribution in [-0.4, -0.2) is 11.8 Å². The number of carbonyl (C=O) groups excluding carboxylic acids is 1. The third-order valence-corrected chi connectivity index (χ3v) is 5.23. The Morgan fingerprint density at radius 1 is 1.37 bits per heavy atom. The van der Waals surface area contributed by atoms with Gasteiger partial charge < -0.3 is 5.73 Å². The maximum absolute atomic E-state index is 13.8. The zero-order valence-corrected chi connectivity index (χ0v) is 12.2. The van der Waals surface area contributed by atoms with E-state index < -0.39 is 0 Å². The fourth-order valence-corrected chi connectivity index (χ4v) is 4.12. The van der Waals surface area contributed by atoms with E-state index in [0.717, 1.165) is 19.3 Å². The molecule has 4 heteroatoms. The number of hydrogen-bond acceptors (Lipinski definition) is 2. The molecule has 4 unspecified atom stereocenters. The van der Waals surface area contributed by atoms with Crippen LogP contribution >= 0.6 is 15.9 Å². The predicted octanol–water partition coefficient (Wildman–Crippen LogP) is 3.07. The monoisotopic (exact) mass is 325 g/mol. The summed E-state index contributed by atoms with van der Waals surface area (Å²) in [4.78, 5) is 12.4. The summed E-state index contributed by atoms with van der Waals surface area (Å²) in [7, 11) is 0. The fraction of sp³-hybridized carbons (Fsp3) is 0.533. The van der Waals surface area contributed by atoms with Crippen LogP contribution in [-0.2, 0) is 11.2 Å². The van der Waals surface area contributed by atoms with Crippen molar-refractivity contribution in [1.82, 2.24) is 0 Å². The summed E-state index contributed by atoms with van der Waals surface area (Å²) < 4.78 is 14.5. The van der Waals surface area contributed by atoms with Crippen LogP contribution in [0.5, 0.6) is 0 Å². The second-order valence-corrected chi connectivity index (χ2v) is 6.73. The predicted molar refractivity (Wildman–Crippen MR) is 75.1 cm³/mol. The molecule has 19 heavy (non-hydrogen) atoms.